The van der Waals surface area contributed by atoms with Gasteiger partial charge in [-0.15, -0.1) is 0 Å². The molecule has 3 heterocycles. The van der Waals surface area contributed by atoms with Gasteiger partial charge in [0, 0.05) is 37.9 Å². The number of nitrogens with one attached hydrogen (secondary N) is 1. The van der Waals surface area contributed by atoms with Gasteiger partial charge >= 0.3 is 0 Å². The predicted molar refractivity (Wildman–Crippen MR) is 98.1 cm³/mol. The molecule has 1 amide bonds. The molecule has 7 nitrogen and oxygen atoms in total. The number of imidazole rings is 1. The van der Waals surface area contributed by atoms with E-state index in [-0.39, 0.29) is 16.9 Å². The Morgan fingerprint density at radius 1 is 1.30 bits per heavy atom. The SMILES string of the molecule is Cn1ccnc1[C@@H](NC(=O)c1cnc2n(c1=O)CCS2)c1ccc(F)cc1. The van der Waals surface area contributed by atoms with Crippen LogP contribution in [0.2, 0.25) is 0 Å². The summed E-state index contributed by atoms with van der Waals surface area (Å²) in [7, 11) is 1.80. The molecule has 2 aromatic heterocycles. The van der Waals surface area contributed by atoms with Gasteiger partial charge in [-0.3, -0.25) is 14.2 Å². The van der Waals surface area contributed by atoms with Crippen LogP contribution in [0.1, 0.15) is 27.8 Å². The molecule has 0 saturated heterocycles. The Hall–Kier alpha value is -2.94. The number of carbonyl (C=O) groups is 1. The zero-order valence-electron chi connectivity index (χ0n) is 14.4. The van der Waals surface area contributed by atoms with E-state index in [9.17, 15) is 14.0 Å². The topological polar surface area (TPSA) is 81.8 Å². The first-order valence-corrected chi connectivity index (χ1v) is 9.29. The molecule has 1 N–H and O–H groups in total. The van der Waals surface area contributed by atoms with Gasteiger partial charge in [-0.1, -0.05) is 23.9 Å². The number of carbonyl (C=O) groups excluding carboxylic acids is 1. The second-order valence-corrected chi connectivity index (χ2v) is 7.18. The first kappa shape index (κ1) is 17.5. The highest BCUT2D eigenvalue weighted by atomic mass is 32.2. The van der Waals surface area contributed by atoms with E-state index in [1.165, 1.54) is 34.7 Å². The number of rotatable bonds is 4. The normalized spacial score (nSPS) is 14.0. The zero-order valence-corrected chi connectivity index (χ0v) is 15.2. The minimum absolute atomic E-state index is 0.0254. The van der Waals surface area contributed by atoms with Crippen molar-refractivity contribution in [3.63, 3.8) is 0 Å². The van der Waals surface area contributed by atoms with E-state index >= 15 is 0 Å². The van der Waals surface area contributed by atoms with Crippen molar-refractivity contribution >= 4 is 17.7 Å². The Balaban J connectivity index is 1.70. The Morgan fingerprint density at radius 3 is 2.78 bits per heavy atom. The van der Waals surface area contributed by atoms with Gasteiger partial charge in [0.1, 0.15) is 23.2 Å². The number of fused-ring (bicyclic) bond motifs is 1. The number of nitrogens with zero attached hydrogens (tertiary/aromatic N) is 4. The fourth-order valence-corrected chi connectivity index (χ4v) is 3.90. The van der Waals surface area contributed by atoms with Crippen LogP contribution in [-0.2, 0) is 13.6 Å². The van der Waals surface area contributed by atoms with Crippen molar-refractivity contribution in [3.05, 3.63) is 76.0 Å². The number of thioether (sulfide) groups is 1. The Morgan fingerprint density at radius 2 is 2.07 bits per heavy atom. The molecule has 0 spiro atoms. The molecule has 1 aromatic carbocycles. The van der Waals surface area contributed by atoms with Crippen LogP contribution in [0.5, 0.6) is 0 Å². The zero-order chi connectivity index (χ0) is 19.0. The molecule has 4 rings (SSSR count). The highest BCUT2D eigenvalue weighted by molar-refractivity contribution is 7.99. The lowest BCUT2D eigenvalue weighted by atomic mass is 10.1. The fraction of sp³-hybridized carbons (Fsp3) is 0.222. The van der Waals surface area contributed by atoms with Gasteiger partial charge in [0.25, 0.3) is 11.5 Å². The van der Waals surface area contributed by atoms with E-state index in [0.717, 1.165) is 5.75 Å². The van der Waals surface area contributed by atoms with Crippen molar-refractivity contribution in [2.75, 3.05) is 5.75 Å². The first-order valence-electron chi connectivity index (χ1n) is 8.31. The van der Waals surface area contributed by atoms with Crippen LogP contribution in [0.25, 0.3) is 0 Å². The molecule has 9 heteroatoms. The van der Waals surface area contributed by atoms with Gasteiger partial charge in [-0.25, -0.2) is 14.4 Å². The molecule has 138 valence electrons. The Labute approximate surface area is 158 Å². The average Bonchev–Trinajstić information content (AvgIpc) is 3.30. The molecule has 0 fully saturated rings. The van der Waals surface area contributed by atoms with E-state index in [0.29, 0.717) is 23.1 Å². The van der Waals surface area contributed by atoms with Crippen LogP contribution in [0.3, 0.4) is 0 Å². The summed E-state index contributed by atoms with van der Waals surface area (Å²) in [6.45, 7) is 0.535. The van der Waals surface area contributed by atoms with E-state index in [1.807, 2.05) is 0 Å². The van der Waals surface area contributed by atoms with E-state index < -0.39 is 11.9 Å². The molecule has 1 atom stereocenters. The van der Waals surface area contributed by atoms with Gasteiger partial charge in [0.15, 0.2) is 5.16 Å². The monoisotopic (exact) mass is 385 g/mol. The third kappa shape index (κ3) is 3.25. The number of halogens is 1. The molecule has 0 saturated carbocycles. The lowest BCUT2D eigenvalue weighted by molar-refractivity contribution is 0.0938. The maximum absolute atomic E-state index is 13.3. The second kappa shape index (κ2) is 6.99. The largest absolute Gasteiger partial charge is 0.338 e. The summed E-state index contributed by atoms with van der Waals surface area (Å²) in [5.41, 5.74) is 0.270. The van der Waals surface area contributed by atoms with Crippen molar-refractivity contribution in [2.45, 2.75) is 17.7 Å². The summed E-state index contributed by atoms with van der Waals surface area (Å²) in [4.78, 5) is 33.9. The van der Waals surface area contributed by atoms with Gasteiger partial charge in [-0.2, -0.15) is 0 Å². The molecule has 1 aliphatic rings. The average molecular weight is 385 g/mol. The van der Waals surface area contributed by atoms with Crippen molar-refractivity contribution in [1.29, 1.82) is 0 Å². The third-order valence-electron chi connectivity index (χ3n) is 4.40. The van der Waals surface area contributed by atoms with Crippen LogP contribution in [0, 0.1) is 5.82 Å². The minimum atomic E-state index is -0.634. The standard InChI is InChI=1S/C18H16FN5O2S/c1-23-7-6-20-15(23)14(11-2-4-12(19)5-3-11)22-16(25)13-10-21-18-24(17(13)26)8-9-27-18/h2-7,10,14H,8-9H2,1H3,(H,22,25)/t14-/m0/s1. The maximum Gasteiger partial charge on any atom is 0.267 e. The number of hydrogen-bond acceptors (Lipinski definition) is 5. The van der Waals surface area contributed by atoms with Crippen LogP contribution in [-0.4, -0.2) is 30.8 Å². The lowest BCUT2D eigenvalue weighted by Crippen LogP contribution is -2.36. The maximum atomic E-state index is 13.3. The molecule has 0 bridgehead atoms. The quantitative estimate of drug-likeness (QED) is 0.692. The van der Waals surface area contributed by atoms with E-state index in [1.54, 1.807) is 36.1 Å². The molecule has 3 aromatic rings. The summed E-state index contributed by atoms with van der Waals surface area (Å²) in [5.74, 6) is 0.415. The number of benzene rings is 1. The minimum Gasteiger partial charge on any atom is -0.338 e. The highest BCUT2D eigenvalue weighted by Gasteiger charge is 2.25. The Kier molecular flexibility index (Phi) is 4.53. The van der Waals surface area contributed by atoms with Crippen LogP contribution >= 0.6 is 11.8 Å². The summed E-state index contributed by atoms with van der Waals surface area (Å²) in [6, 6.07) is 5.17. The summed E-state index contributed by atoms with van der Waals surface area (Å²) in [6.07, 6.45) is 4.67. The van der Waals surface area contributed by atoms with Gasteiger partial charge in [0.05, 0.1) is 0 Å². The molecule has 27 heavy (non-hydrogen) atoms. The van der Waals surface area contributed by atoms with Crippen molar-refractivity contribution in [3.8, 4) is 0 Å². The second-order valence-electron chi connectivity index (χ2n) is 6.11. The molecular weight excluding hydrogens is 369 g/mol. The van der Waals surface area contributed by atoms with Crippen LogP contribution in [0.4, 0.5) is 4.39 Å². The van der Waals surface area contributed by atoms with Gasteiger partial charge < -0.3 is 9.88 Å². The summed E-state index contributed by atoms with van der Waals surface area (Å²) < 4.78 is 16.6. The van der Waals surface area contributed by atoms with Crippen molar-refractivity contribution in [1.82, 2.24) is 24.4 Å². The number of aryl methyl sites for hydroxylation is 1. The Bertz CT molecular complexity index is 1060. The van der Waals surface area contributed by atoms with Gasteiger partial charge in [0.2, 0.25) is 0 Å². The number of amides is 1. The molecule has 0 unspecified atom stereocenters. The first-order chi connectivity index (χ1) is 13.0. The lowest BCUT2D eigenvalue weighted by Gasteiger charge is -2.19. The van der Waals surface area contributed by atoms with Crippen molar-refractivity contribution in [2.24, 2.45) is 7.05 Å². The summed E-state index contributed by atoms with van der Waals surface area (Å²) >= 11 is 1.49. The van der Waals surface area contributed by atoms with Crippen LogP contribution in [0.15, 0.2) is 52.8 Å². The molecular formula is C18H16FN5O2S. The third-order valence-corrected chi connectivity index (χ3v) is 5.37. The van der Waals surface area contributed by atoms with Crippen LogP contribution < -0.4 is 10.9 Å². The van der Waals surface area contributed by atoms with E-state index in [2.05, 4.69) is 15.3 Å². The van der Waals surface area contributed by atoms with Gasteiger partial charge in [-0.05, 0) is 17.7 Å². The molecule has 0 aliphatic carbocycles. The highest BCUT2D eigenvalue weighted by Crippen LogP contribution is 2.23. The molecule has 0 radical (unpaired) electrons. The summed E-state index contributed by atoms with van der Waals surface area (Å²) in [5, 5.41) is 3.46. The fourth-order valence-electron chi connectivity index (χ4n) is 2.99. The number of aromatic nitrogens is 4. The molecule has 1 aliphatic heterocycles. The van der Waals surface area contributed by atoms with Crippen molar-refractivity contribution < 1.29 is 9.18 Å². The predicted octanol–water partition coefficient (Wildman–Crippen LogP) is 1.74. The number of hydrogen-bond donors (Lipinski definition) is 1. The van der Waals surface area contributed by atoms with E-state index in [4.69, 9.17) is 0 Å². The smallest absolute Gasteiger partial charge is 0.267 e.